The number of esters is 1. The van der Waals surface area contributed by atoms with Crippen molar-refractivity contribution in [2.45, 2.75) is 57.7 Å². The third-order valence-electron chi connectivity index (χ3n) is 8.89. The number of aromatic nitrogens is 2. The van der Waals surface area contributed by atoms with Crippen LogP contribution in [-0.4, -0.2) is 65.1 Å². The second-order valence-corrected chi connectivity index (χ2v) is 12.7. The van der Waals surface area contributed by atoms with E-state index in [1.807, 2.05) is 72.8 Å². The normalized spacial score (nSPS) is 14.9. The molecule has 10 heteroatoms. The molecule has 48 heavy (non-hydrogen) atoms. The van der Waals surface area contributed by atoms with Crippen LogP contribution in [0.5, 0.6) is 0 Å². The molecule has 4 aromatic carbocycles. The van der Waals surface area contributed by atoms with E-state index < -0.39 is 18.1 Å². The van der Waals surface area contributed by atoms with E-state index in [1.165, 1.54) is 0 Å². The Labute approximate surface area is 279 Å². The Morgan fingerprint density at radius 2 is 1.46 bits per heavy atom. The number of nitrogens with one attached hydrogen (secondary N) is 2. The molecule has 0 radical (unpaired) electrons. The molecule has 1 aliphatic rings. The molecule has 1 aliphatic heterocycles. The van der Waals surface area contributed by atoms with Gasteiger partial charge < -0.3 is 24.8 Å². The van der Waals surface area contributed by atoms with Crippen LogP contribution in [0.25, 0.3) is 21.5 Å². The van der Waals surface area contributed by atoms with Crippen molar-refractivity contribution in [3.63, 3.8) is 0 Å². The topological polar surface area (TPSA) is 127 Å². The van der Waals surface area contributed by atoms with Gasteiger partial charge in [-0.3, -0.25) is 9.59 Å². The van der Waals surface area contributed by atoms with Crippen molar-refractivity contribution in [3.05, 3.63) is 108 Å². The summed E-state index contributed by atoms with van der Waals surface area (Å²) in [7, 11) is 1.68. The van der Waals surface area contributed by atoms with Gasteiger partial charge in [-0.2, -0.15) is 4.98 Å². The molecule has 10 nitrogen and oxygen atoms in total. The Hall–Kier alpha value is -5.09. The Morgan fingerprint density at radius 3 is 2.06 bits per heavy atom. The van der Waals surface area contributed by atoms with E-state index in [0.29, 0.717) is 25.7 Å². The van der Waals surface area contributed by atoms with Crippen molar-refractivity contribution in [2.24, 2.45) is 5.92 Å². The molecule has 2 heterocycles. The summed E-state index contributed by atoms with van der Waals surface area (Å²) in [5.41, 5.74) is 1.86. The first-order chi connectivity index (χ1) is 23.2. The number of ether oxygens (including phenoxy) is 1. The maximum absolute atomic E-state index is 14.6. The van der Waals surface area contributed by atoms with Crippen molar-refractivity contribution in [1.82, 2.24) is 25.7 Å². The standard InChI is InChI=1S/C38H41N5O5/c1-24(2)47-38(46)34-41-36(48-42-34)33(23-26-13-15-28-9-5-7-11-31(28)21-26)43(3)37(45)32(40-35(44)29-16-18-39-19-17-29)22-25-12-14-27-8-4-6-10-30(27)20-25/h4-15,20-21,24,29,32-33,39H,16-19,22-23H2,1-3H3,(H,40,44). The zero-order valence-corrected chi connectivity index (χ0v) is 27.5. The Kier molecular flexibility index (Phi) is 10.1. The molecule has 0 saturated carbocycles. The van der Waals surface area contributed by atoms with E-state index in [-0.39, 0.29) is 35.6 Å². The molecule has 248 valence electrons. The van der Waals surface area contributed by atoms with E-state index in [1.54, 1.807) is 25.8 Å². The molecule has 5 aromatic rings. The Bertz CT molecular complexity index is 1910. The number of nitrogens with zero attached hydrogens (tertiary/aromatic N) is 3. The van der Waals surface area contributed by atoms with Crippen molar-refractivity contribution in [2.75, 3.05) is 20.1 Å². The second kappa shape index (κ2) is 14.8. The van der Waals surface area contributed by atoms with Gasteiger partial charge in [-0.1, -0.05) is 84.9 Å². The lowest BCUT2D eigenvalue weighted by molar-refractivity contribution is -0.138. The molecule has 2 unspecified atom stereocenters. The Balaban J connectivity index is 1.33. The molecule has 1 aromatic heterocycles. The summed E-state index contributed by atoms with van der Waals surface area (Å²) in [5, 5.41) is 14.6. The van der Waals surface area contributed by atoms with Crippen molar-refractivity contribution in [1.29, 1.82) is 0 Å². The number of fused-ring (bicyclic) bond motifs is 2. The van der Waals surface area contributed by atoms with E-state index in [9.17, 15) is 14.4 Å². The van der Waals surface area contributed by atoms with Crippen LogP contribution in [0, 0.1) is 5.92 Å². The number of piperidine rings is 1. The Morgan fingerprint density at radius 1 is 0.875 bits per heavy atom. The molecule has 2 N–H and O–H groups in total. The van der Waals surface area contributed by atoms with Gasteiger partial charge in [-0.25, -0.2) is 4.79 Å². The first-order valence-corrected chi connectivity index (χ1v) is 16.5. The van der Waals surface area contributed by atoms with Crippen LogP contribution in [0.15, 0.2) is 89.5 Å². The summed E-state index contributed by atoms with van der Waals surface area (Å²) in [5.74, 6) is -1.43. The van der Waals surface area contributed by atoms with Crippen molar-refractivity contribution in [3.8, 4) is 0 Å². The van der Waals surface area contributed by atoms with Gasteiger partial charge in [-0.05, 0) is 77.6 Å². The number of hydrogen-bond donors (Lipinski definition) is 2. The largest absolute Gasteiger partial charge is 0.457 e. The number of amides is 2. The third kappa shape index (κ3) is 7.71. The van der Waals surface area contributed by atoms with Crippen LogP contribution in [0.2, 0.25) is 0 Å². The fourth-order valence-electron chi connectivity index (χ4n) is 6.27. The molecule has 0 bridgehead atoms. The zero-order valence-electron chi connectivity index (χ0n) is 27.5. The van der Waals surface area contributed by atoms with Gasteiger partial charge in [0.05, 0.1) is 6.10 Å². The molecule has 6 rings (SSSR count). The molecule has 1 fully saturated rings. The van der Waals surface area contributed by atoms with Gasteiger partial charge in [0.1, 0.15) is 12.1 Å². The SMILES string of the molecule is CC(C)OC(=O)c1noc(C(Cc2ccc3ccccc3c2)N(C)C(=O)C(Cc2ccc3ccccc3c2)NC(=O)C2CCNCC2)n1. The predicted octanol–water partition coefficient (Wildman–Crippen LogP) is 5.41. The highest BCUT2D eigenvalue weighted by Gasteiger charge is 2.35. The summed E-state index contributed by atoms with van der Waals surface area (Å²) in [4.78, 5) is 46.7. The number of carbonyl (C=O) groups excluding carboxylic acids is 3. The minimum absolute atomic E-state index is 0.101. The fourth-order valence-corrected chi connectivity index (χ4v) is 6.27. The predicted molar refractivity (Wildman–Crippen MR) is 183 cm³/mol. The molecule has 1 saturated heterocycles. The minimum Gasteiger partial charge on any atom is -0.457 e. The zero-order chi connectivity index (χ0) is 33.6. The number of benzene rings is 4. The van der Waals surface area contributed by atoms with Crippen LogP contribution in [-0.2, 0) is 27.2 Å². The smallest absolute Gasteiger partial charge is 0.380 e. The van der Waals surface area contributed by atoms with E-state index in [4.69, 9.17) is 9.26 Å². The monoisotopic (exact) mass is 647 g/mol. The lowest BCUT2D eigenvalue weighted by Gasteiger charge is -2.31. The van der Waals surface area contributed by atoms with Gasteiger partial charge in [0.2, 0.25) is 17.7 Å². The number of rotatable bonds is 11. The lowest BCUT2D eigenvalue weighted by atomic mass is 9.95. The molecule has 2 atom stereocenters. The highest BCUT2D eigenvalue weighted by Crippen LogP contribution is 2.27. The maximum Gasteiger partial charge on any atom is 0.380 e. The van der Waals surface area contributed by atoms with Gasteiger partial charge >= 0.3 is 5.97 Å². The van der Waals surface area contributed by atoms with E-state index >= 15 is 0 Å². The molecular weight excluding hydrogens is 606 g/mol. The van der Waals surface area contributed by atoms with E-state index in [2.05, 4.69) is 32.9 Å². The number of carbonyl (C=O) groups is 3. The third-order valence-corrected chi connectivity index (χ3v) is 8.89. The second-order valence-electron chi connectivity index (χ2n) is 12.7. The lowest BCUT2D eigenvalue weighted by Crippen LogP contribution is -2.52. The summed E-state index contributed by atoms with van der Waals surface area (Å²) < 4.78 is 10.9. The van der Waals surface area contributed by atoms with Crippen LogP contribution in [0.3, 0.4) is 0 Å². The minimum atomic E-state index is -0.856. The van der Waals surface area contributed by atoms with Crippen LogP contribution < -0.4 is 10.6 Å². The number of likely N-dealkylation sites (N-methyl/N-ethyl adjacent to an activating group) is 1. The van der Waals surface area contributed by atoms with Crippen molar-refractivity contribution >= 4 is 39.3 Å². The summed E-state index contributed by atoms with van der Waals surface area (Å²) in [6.45, 7) is 4.99. The van der Waals surface area contributed by atoms with Crippen molar-refractivity contribution < 1.29 is 23.6 Å². The van der Waals surface area contributed by atoms with Crippen LogP contribution in [0.1, 0.15) is 60.4 Å². The van der Waals surface area contributed by atoms with Gasteiger partial charge in [0.25, 0.3) is 5.82 Å². The summed E-state index contributed by atoms with van der Waals surface area (Å²) in [6, 6.07) is 26.7. The molecule has 0 spiro atoms. The first-order valence-electron chi connectivity index (χ1n) is 16.5. The molecule has 2 amide bonds. The highest BCUT2D eigenvalue weighted by atomic mass is 16.5. The van der Waals surface area contributed by atoms with Gasteiger partial charge in [0, 0.05) is 25.8 Å². The number of hydrogen-bond acceptors (Lipinski definition) is 8. The van der Waals surface area contributed by atoms with E-state index in [0.717, 1.165) is 45.8 Å². The molecular formula is C38H41N5O5. The summed E-state index contributed by atoms with van der Waals surface area (Å²) >= 11 is 0. The van der Waals surface area contributed by atoms with Crippen LogP contribution in [0.4, 0.5) is 0 Å². The highest BCUT2D eigenvalue weighted by molar-refractivity contribution is 5.90. The molecule has 0 aliphatic carbocycles. The maximum atomic E-state index is 14.6. The first kappa shape index (κ1) is 32.8. The van der Waals surface area contributed by atoms with Gasteiger partial charge in [0.15, 0.2) is 0 Å². The average Bonchev–Trinajstić information content (AvgIpc) is 3.60. The quantitative estimate of drug-likeness (QED) is 0.182. The average molecular weight is 648 g/mol. The fraction of sp³-hybridized carbons (Fsp3) is 0.342. The van der Waals surface area contributed by atoms with Gasteiger partial charge in [-0.15, -0.1) is 0 Å². The summed E-state index contributed by atoms with van der Waals surface area (Å²) in [6.07, 6.45) is 1.68. The van der Waals surface area contributed by atoms with Crippen LogP contribution >= 0.6 is 0 Å².